The van der Waals surface area contributed by atoms with Gasteiger partial charge in [0.15, 0.2) is 0 Å². The maximum atomic E-state index is 12.4. The Hall–Kier alpha value is -1.86. The SMILES string of the molecule is [B]Cc1cc(Oc2ccccc2Cl)c(Cl)cc1NC(=O)C(F)(F)F. The summed E-state index contributed by atoms with van der Waals surface area (Å²) < 4.78 is 42.7. The van der Waals surface area contributed by atoms with E-state index in [2.05, 4.69) is 0 Å². The summed E-state index contributed by atoms with van der Waals surface area (Å²) in [6, 6.07) is 9.08. The molecule has 0 aliphatic carbocycles. The Bertz CT molecular complexity index is 769. The number of nitrogens with one attached hydrogen (secondary N) is 1. The molecule has 0 aliphatic rings. The fraction of sp³-hybridized carbons (Fsp3) is 0.133. The highest BCUT2D eigenvalue weighted by Gasteiger charge is 2.39. The number of halogens is 5. The van der Waals surface area contributed by atoms with Gasteiger partial charge in [0.05, 0.1) is 17.9 Å². The normalized spacial score (nSPS) is 11.2. The van der Waals surface area contributed by atoms with Gasteiger partial charge in [0.25, 0.3) is 0 Å². The molecule has 0 saturated heterocycles. The summed E-state index contributed by atoms with van der Waals surface area (Å²) in [5.74, 6) is -1.65. The lowest BCUT2D eigenvalue weighted by Gasteiger charge is -2.15. The van der Waals surface area contributed by atoms with Crippen molar-refractivity contribution in [3.05, 3.63) is 52.0 Å². The topological polar surface area (TPSA) is 38.3 Å². The summed E-state index contributed by atoms with van der Waals surface area (Å²) in [5.41, 5.74) is 0.0791. The van der Waals surface area contributed by atoms with Gasteiger partial charge in [0, 0.05) is 5.69 Å². The maximum Gasteiger partial charge on any atom is 0.471 e. The van der Waals surface area contributed by atoms with Gasteiger partial charge >= 0.3 is 12.1 Å². The monoisotopic (exact) mass is 373 g/mol. The number of hydrogen-bond donors (Lipinski definition) is 1. The van der Waals surface area contributed by atoms with Gasteiger partial charge in [-0.25, -0.2) is 0 Å². The highest BCUT2D eigenvalue weighted by atomic mass is 35.5. The van der Waals surface area contributed by atoms with Crippen molar-refractivity contribution < 1.29 is 22.7 Å². The minimum Gasteiger partial charge on any atom is -0.454 e. The predicted octanol–water partition coefficient (Wildman–Crippen LogP) is 4.96. The lowest BCUT2D eigenvalue weighted by Crippen LogP contribution is -2.30. The Morgan fingerprint density at radius 1 is 1.12 bits per heavy atom. The fourth-order valence-electron chi connectivity index (χ4n) is 1.80. The zero-order valence-corrected chi connectivity index (χ0v) is 13.5. The summed E-state index contributed by atoms with van der Waals surface area (Å²) in [4.78, 5) is 11.1. The van der Waals surface area contributed by atoms with Crippen molar-refractivity contribution in [2.75, 3.05) is 5.32 Å². The Labute approximate surface area is 147 Å². The quantitative estimate of drug-likeness (QED) is 0.769. The first kappa shape index (κ1) is 18.5. The Kier molecular flexibility index (Phi) is 5.67. The number of para-hydroxylation sites is 1. The van der Waals surface area contributed by atoms with Gasteiger partial charge in [0.2, 0.25) is 0 Å². The summed E-state index contributed by atoms with van der Waals surface area (Å²) in [5, 5.41) is 2.06. The molecule has 1 amide bonds. The van der Waals surface area contributed by atoms with E-state index in [4.69, 9.17) is 35.8 Å². The third kappa shape index (κ3) is 4.36. The van der Waals surface area contributed by atoms with Crippen molar-refractivity contribution in [3.63, 3.8) is 0 Å². The van der Waals surface area contributed by atoms with Crippen LogP contribution in [0.3, 0.4) is 0 Å². The zero-order chi connectivity index (χ0) is 17.9. The molecule has 0 spiro atoms. The summed E-state index contributed by atoms with van der Waals surface area (Å²) in [7, 11) is 5.52. The number of rotatable bonds is 4. The Balaban J connectivity index is 2.33. The van der Waals surface area contributed by atoms with Crippen LogP contribution >= 0.6 is 23.2 Å². The van der Waals surface area contributed by atoms with Crippen LogP contribution in [0.2, 0.25) is 10.0 Å². The van der Waals surface area contributed by atoms with Crippen LogP contribution in [-0.2, 0) is 11.1 Å². The second-order valence-corrected chi connectivity index (χ2v) is 5.44. The maximum absolute atomic E-state index is 12.4. The summed E-state index contributed by atoms with van der Waals surface area (Å²) in [6.07, 6.45) is -5.16. The fourth-order valence-corrected chi connectivity index (χ4v) is 2.17. The predicted molar refractivity (Wildman–Crippen MR) is 87.1 cm³/mol. The number of alkyl halides is 3. The van der Waals surface area contributed by atoms with Crippen LogP contribution in [0.25, 0.3) is 0 Å². The molecule has 2 aromatic carbocycles. The van der Waals surface area contributed by atoms with Crippen LogP contribution in [0.5, 0.6) is 11.5 Å². The van der Waals surface area contributed by atoms with Crippen molar-refractivity contribution in [3.8, 4) is 11.5 Å². The van der Waals surface area contributed by atoms with Gasteiger partial charge in [-0.3, -0.25) is 4.79 Å². The van der Waals surface area contributed by atoms with E-state index < -0.39 is 12.1 Å². The second kappa shape index (κ2) is 7.36. The van der Waals surface area contributed by atoms with Gasteiger partial charge in [-0.1, -0.05) is 41.7 Å². The minimum absolute atomic E-state index is 0.00963. The molecule has 0 fully saturated rings. The molecule has 0 aliphatic heterocycles. The summed E-state index contributed by atoms with van der Waals surface area (Å²) in [6.45, 7) is 0. The van der Waals surface area contributed by atoms with Crippen molar-refractivity contribution in [1.29, 1.82) is 0 Å². The number of hydrogen-bond acceptors (Lipinski definition) is 2. The number of benzene rings is 2. The van der Waals surface area contributed by atoms with Crippen LogP contribution in [0.15, 0.2) is 36.4 Å². The molecule has 0 saturated carbocycles. The average molecular weight is 374 g/mol. The number of amides is 1. The molecule has 2 rings (SSSR count). The van der Waals surface area contributed by atoms with E-state index in [0.29, 0.717) is 10.8 Å². The molecular formula is C15H9BCl2F3NO2. The molecule has 1 N–H and O–H groups in total. The van der Waals surface area contributed by atoms with E-state index >= 15 is 0 Å². The molecule has 9 heteroatoms. The Morgan fingerprint density at radius 2 is 1.79 bits per heavy atom. The highest BCUT2D eigenvalue weighted by Crippen LogP contribution is 2.37. The molecule has 0 atom stereocenters. The molecule has 2 radical (unpaired) electrons. The lowest BCUT2D eigenvalue weighted by molar-refractivity contribution is -0.167. The molecule has 3 nitrogen and oxygen atoms in total. The minimum atomic E-state index is -5.02. The van der Waals surface area contributed by atoms with Crippen LogP contribution in [0.4, 0.5) is 18.9 Å². The average Bonchev–Trinajstić information content (AvgIpc) is 2.51. The molecule has 0 unspecified atom stereocenters. The van der Waals surface area contributed by atoms with Crippen molar-refractivity contribution in [2.45, 2.75) is 12.5 Å². The van der Waals surface area contributed by atoms with E-state index in [9.17, 15) is 18.0 Å². The highest BCUT2D eigenvalue weighted by molar-refractivity contribution is 6.33. The lowest BCUT2D eigenvalue weighted by atomic mass is 9.95. The first-order valence-corrected chi connectivity index (χ1v) is 7.31. The third-order valence-electron chi connectivity index (χ3n) is 2.94. The van der Waals surface area contributed by atoms with Crippen molar-refractivity contribution in [1.82, 2.24) is 0 Å². The number of carbonyl (C=O) groups excluding carboxylic acids is 1. The zero-order valence-electron chi connectivity index (χ0n) is 12.0. The van der Waals surface area contributed by atoms with Crippen LogP contribution < -0.4 is 10.1 Å². The van der Waals surface area contributed by atoms with E-state index in [-0.39, 0.29) is 28.3 Å². The van der Waals surface area contributed by atoms with Crippen LogP contribution in [0.1, 0.15) is 5.56 Å². The van der Waals surface area contributed by atoms with Gasteiger partial charge in [-0.2, -0.15) is 13.2 Å². The van der Waals surface area contributed by atoms with Crippen LogP contribution in [-0.4, -0.2) is 19.9 Å². The Morgan fingerprint density at radius 3 is 2.38 bits per heavy atom. The van der Waals surface area contributed by atoms with E-state index in [1.807, 2.05) is 0 Å². The number of anilines is 1. The summed E-state index contributed by atoms with van der Waals surface area (Å²) >= 11 is 12.0. The standard InChI is InChI=1S/C15H9BCl2F3NO2/c16-7-8-5-13(24-12-4-2-1-3-9(12)17)10(18)6-11(8)22-14(23)15(19,20)21/h1-6H,7H2,(H,22,23). The van der Waals surface area contributed by atoms with E-state index in [1.165, 1.54) is 6.07 Å². The molecule has 124 valence electrons. The van der Waals surface area contributed by atoms with Gasteiger partial charge in [-0.05, 0) is 29.8 Å². The van der Waals surface area contributed by atoms with Crippen molar-refractivity contribution >= 4 is 42.6 Å². The smallest absolute Gasteiger partial charge is 0.454 e. The molecule has 0 heterocycles. The third-order valence-corrected chi connectivity index (χ3v) is 3.55. The number of ether oxygens (including phenoxy) is 1. The van der Waals surface area contributed by atoms with Crippen molar-refractivity contribution in [2.24, 2.45) is 0 Å². The van der Waals surface area contributed by atoms with Crippen LogP contribution in [0, 0.1) is 0 Å². The molecule has 24 heavy (non-hydrogen) atoms. The second-order valence-electron chi connectivity index (χ2n) is 4.63. The molecular weight excluding hydrogens is 365 g/mol. The number of carbonyl (C=O) groups is 1. The molecule has 0 bridgehead atoms. The first-order valence-electron chi connectivity index (χ1n) is 6.55. The van der Waals surface area contributed by atoms with E-state index in [1.54, 1.807) is 29.6 Å². The van der Waals surface area contributed by atoms with Gasteiger partial charge < -0.3 is 10.1 Å². The van der Waals surface area contributed by atoms with Gasteiger partial charge in [0.1, 0.15) is 11.5 Å². The first-order chi connectivity index (χ1) is 11.2. The molecule has 2 aromatic rings. The van der Waals surface area contributed by atoms with E-state index in [0.717, 1.165) is 6.07 Å². The largest absolute Gasteiger partial charge is 0.471 e. The molecule has 0 aromatic heterocycles. The van der Waals surface area contributed by atoms with Gasteiger partial charge in [-0.15, -0.1) is 0 Å².